The molecule has 0 unspecified atom stereocenters. The average molecular weight is 343 g/mol. The van der Waals surface area contributed by atoms with E-state index >= 15 is 0 Å². The molecular formula is C20H27N2O3+. The first-order chi connectivity index (χ1) is 12.2. The highest BCUT2D eigenvalue weighted by Crippen LogP contribution is 2.28. The van der Waals surface area contributed by atoms with Gasteiger partial charge in [-0.15, -0.1) is 0 Å². The maximum Gasteiger partial charge on any atom is 0.161 e. The Morgan fingerprint density at radius 2 is 1.52 bits per heavy atom. The van der Waals surface area contributed by atoms with Crippen LogP contribution in [0.5, 0.6) is 17.2 Å². The van der Waals surface area contributed by atoms with E-state index in [4.69, 9.17) is 14.2 Å². The van der Waals surface area contributed by atoms with E-state index in [0.29, 0.717) is 0 Å². The Morgan fingerprint density at radius 1 is 0.840 bits per heavy atom. The molecular weight excluding hydrogens is 316 g/mol. The first kappa shape index (κ1) is 17.4. The van der Waals surface area contributed by atoms with Gasteiger partial charge in [-0.1, -0.05) is 12.1 Å². The minimum atomic E-state index is 0.780. The second-order valence-electron chi connectivity index (χ2n) is 6.28. The molecule has 1 heterocycles. The maximum atomic E-state index is 5.49. The maximum absolute atomic E-state index is 5.49. The molecule has 1 aliphatic heterocycles. The largest absolute Gasteiger partial charge is 0.495 e. The molecule has 1 aliphatic rings. The van der Waals surface area contributed by atoms with Crippen LogP contribution in [-0.2, 0) is 6.54 Å². The number of benzene rings is 2. The fourth-order valence-corrected chi connectivity index (χ4v) is 3.41. The number of para-hydroxylation sites is 2. The predicted molar refractivity (Wildman–Crippen MR) is 99.2 cm³/mol. The molecule has 2 aromatic rings. The highest BCUT2D eigenvalue weighted by Gasteiger charge is 2.22. The van der Waals surface area contributed by atoms with Crippen LogP contribution in [0.4, 0.5) is 5.69 Å². The fraction of sp³-hybridized carbons (Fsp3) is 0.400. The molecule has 0 amide bonds. The quantitative estimate of drug-likeness (QED) is 0.865. The Morgan fingerprint density at radius 3 is 2.20 bits per heavy atom. The van der Waals surface area contributed by atoms with E-state index in [1.165, 1.54) is 11.3 Å². The SMILES string of the molecule is COc1ccc(C[NH+]2CCN(c3ccccc3OC)CC2)cc1OC. The Hall–Kier alpha value is -2.40. The van der Waals surface area contributed by atoms with Crippen LogP contribution in [0.1, 0.15) is 5.56 Å². The van der Waals surface area contributed by atoms with Crippen molar-refractivity contribution in [2.24, 2.45) is 0 Å². The zero-order valence-electron chi connectivity index (χ0n) is 15.2. The van der Waals surface area contributed by atoms with Gasteiger partial charge in [-0.25, -0.2) is 0 Å². The number of piperazine rings is 1. The van der Waals surface area contributed by atoms with Crippen LogP contribution in [0.2, 0.25) is 0 Å². The average Bonchev–Trinajstić information content (AvgIpc) is 2.68. The summed E-state index contributed by atoms with van der Waals surface area (Å²) in [6.45, 7) is 5.27. The number of nitrogens with one attached hydrogen (secondary N) is 1. The van der Waals surface area contributed by atoms with Crippen molar-refractivity contribution in [1.29, 1.82) is 0 Å². The van der Waals surface area contributed by atoms with Crippen molar-refractivity contribution in [3.8, 4) is 17.2 Å². The zero-order valence-corrected chi connectivity index (χ0v) is 15.2. The van der Waals surface area contributed by atoms with Gasteiger partial charge < -0.3 is 24.0 Å². The molecule has 0 radical (unpaired) electrons. The molecule has 0 saturated carbocycles. The third kappa shape index (κ3) is 3.99. The highest BCUT2D eigenvalue weighted by molar-refractivity contribution is 5.58. The van der Waals surface area contributed by atoms with Crippen molar-refractivity contribution in [2.45, 2.75) is 6.54 Å². The van der Waals surface area contributed by atoms with Crippen molar-refractivity contribution in [1.82, 2.24) is 0 Å². The Labute approximate surface area is 149 Å². The standard InChI is InChI=1S/C20H26N2O3/c1-23-18-7-5-4-6-17(18)22-12-10-21(11-13-22)15-16-8-9-19(24-2)20(14-16)25-3/h4-9,14H,10-13,15H2,1-3H3/p+1. The van der Waals surface area contributed by atoms with Crippen LogP contribution >= 0.6 is 0 Å². The van der Waals surface area contributed by atoms with Gasteiger partial charge in [0, 0.05) is 5.56 Å². The number of quaternary nitrogens is 1. The van der Waals surface area contributed by atoms with Gasteiger partial charge in [-0.2, -0.15) is 0 Å². The van der Waals surface area contributed by atoms with Crippen molar-refractivity contribution < 1.29 is 19.1 Å². The molecule has 0 atom stereocenters. The lowest BCUT2D eigenvalue weighted by molar-refractivity contribution is -0.914. The molecule has 25 heavy (non-hydrogen) atoms. The zero-order chi connectivity index (χ0) is 17.6. The topological polar surface area (TPSA) is 35.4 Å². The molecule has 0 bridgehead atoms. The third-order valence-corrected chi connectivity index (χ3v) is 4.80. The van der Waals surface area contributed by atoms with Gasteiger partial charge in [0.15, 0.2) is 11.5 Å². The summed E-state index contributed by atoms with van der Waals surface area (Å²) in [6, 6.07) is 14.4. The highest BCUT2D eigenvalue weighted by atomic mass is 16.5. The molecule has 1 saturated heterocycles. The smallest absolute Gasteiger partial charge is 0.161 e. The van der Waals surface area contributed by atoms with E-state index in [1.807, 2.05) is 18.2 Å². The minimum absolute atomic E-state index is 0.780. The molecule has 1 fully saturated rings. The number of rotatable bonds is 6. The summed E-state index contributed by atoms with van der Waals surface area (Å²) < 4.78 is 16.2. The summed E-state index contributed by atoms with van der Waals surface area (Å²) >= 11 is 0. The molecule has 0 aliphatic carbocycles. The minimum Gasteiger partial charge on any atom is -0.495 e. The summed E-state index contributed by atoms with van der Waals surface area (Å²) in [4.78, 5) is 4.00. The summed E-state index contributed by atoms with van der Waals surface area (Å²) in [5, 5.41) is 0. The summed E-state index contributed by atoms with van der Waals surface area (Å²) in [5.74, 6) is 2.53. The molecule has 0 aromatic heterocycles. The van der Waals surface area contributed by atoms with Gasteiger partial charge >= 0.3 is 0 Å². The van der Waals surface area contributed by atoms with Crippen LogP contribution in [0.15, 0.2) is 42.5 Å². The van der Waals surface area contributed by atoms with Gasteiger partial charge in [-0.3, -0.25) is 0 Å². The molecule has 0 spiro atoms. The number of hydrogen-bond acceptors (Lipinski definition) is 4. The van der Waals surface area contributed by atoms with Gasteiger partial charge in [-0.05, 0) is 30.3 Å². The van der Waals surface area contributed by atoms with E-state index in [9.17, 15) is 0 Å². The molecule has 3 rings (SSSR count). The second kappa shape index (κ2) is 8.12. The molecule has 2 aromatic carbocycles. The molecule has 1 N–H and O–H groups in total. The lowest BCUT2D eigenvalue weighted by atomic mass is 10.1. The first-order valence-corrected chi connectivity index (χ1v) is 8.67. The van der Waals surface area contributed by atoms with E-state index in [1.54, 1.807) is 26.2 Å². The van der Waals surface area contributed by atoms with E-state index in [2.05, 4.69) is 29.2 Å². The first-order valence-electron chi connectivity index (χ1n) is 8.67. The second-order valence-corrected chi connectivity index (χ2v) is 6.28. The van der Waals surface area contributed by atoms with Crippen LogP contribution in [-0.4, -0.2) is 47.5 Å². The van der Waals surface area contributed by atoms with Crippen LogP contribution < -0.4 is 24.0 Å². The van der Waals surface area contributed by atoms with Crippen LogP contribution in [0.3, 0.4) is 0 Å². The van der Waals surface area contributed by atoms with E-state index in [0.717, 1.165) is 50.0 Å². The lowest BCUT2D eigenvalue weighted by Crippen LogP contribution is -3.13. The van der Waals surface area contributed by atoms with Gasteiger partial charge in [0.25, 0.3) is 0 Å². The number of methoxy groups -OCH3 is 3. The van der Waals surface area contributed by atoms with Gasteiger partial charge in [0.1, 0.15) is 12.3 Å². The normalized spacial score (nSPS) is 15.1. The van der Waals surface area contributed by atoms with Crippen LogP contribution in [0.25, 0.3) is 0 Å². The summed E-state index contributed by atoms with van der Waals surface area (Å²) in [5.41, 5.74) is 2.47. The van der Waals surface area contributed by atoms with Crippen LogP contribution in [0, 0.1) is 0 Å². The number of hydrogen-bond donors (Lipinski definition) is 1. The Kier molecular flexibility index (Phi) is 5.66. The van der Waals surface area contributed by atoms with Crippen molar-refractivity contribution >= 4 is 5.69 Å². The summed E-state index contributed by atoms with van der Waals surface area (Å²) in [6.07, 6.45) is 0. The fourth-order valence-electron chi connectivity index (χ4n) is 3.41. The van der Waals surface area contributed by atoms with E-state index in [-0.39, 0.29) is 0 Å². The van der Waals surface area contributed by atoms with Gasteiger partial charge in [0.05, 0.1) is 53.2 Å². The Balaban J connectivity index is 1.61. The van der Waals surface area contributed by atoms with Crippen molar-refractivity contribution in [3.05, 3.63) is 48.0 Å². The van der Waals surface area contributed by atoms with E-state index < -0.39 is 0 Å². The van der Waals surface area contributed by atoms with Gasteiger partial charge in [0.2, 0.25) is 0 Å². The monoisotopic (exact) mass is 343 g/mol. The third-order valence-electron chi connectivity index (χ3n) is 4.80. The number of ether oxygens (including phenoxy) is 3. The molecule has 134 valence electrons. The number of nitrogens with zero attached hydrogens (tertiary/aromatic N) is 1. The molecule has 5 nitrogen and oxygen atoms in total. The summed E-state index contributed by atoms with van der Waals surface area (Å²) in [7, 11) is 5.08. The predicted octanol–water partition coefficient (Wildman–Crippen LogP) is 1.62. The molecule has 5 heteroatoms. The van der Waals surface area contributed by atoms with Crippen molar-refractivity contribution in [3.63, 3.8) is 0 Å². The lowest BCUT2D eigenvalue weighted by Gasteiger charge is -2.34. The number of anilines is 1. The van der Waals surface area contributed by atoms with Crippen molar-refractivity contribution in [2.75, 3.05) is 52.4 Å². The Bertz CT molecular complexity index is 697.